The van der Waals surface area contributed by atoms with Gasteiger partial charge in [-0.25, -0.2) is 0 Å². The van der Waals surface area contributed by atoms with Crippen molar-refractivity contribution in [1.29, 1.82) is 0 Å². The van der Waals surface area contributed by atoms with Crippen LogP contribution < -0.4 is 5.32 Å². The van der Waals surface area contributed by atoms with Gasteiger partial charge in [-0.3, -0.25) is 0 Å². The normalized spacial score (nSPS) is 21.2. The number of hydrogen-bond acceptors (Lipinski definition) is 2. The molecule has 0 aromatic heterocycles. The maximum atomic E-state index is 5.35. The van der Waals surface area contributed by atoms with Crippen molar-refractivity contribution in [3.8, 4) is 12.3 Å². The summed E-state index contributed by atoms with van der Waals surface area (Å²) in [6, 6.07) is 0. The van der Waals surface area contributed by atoms with Crippen molar-refractivity contribution in [2.75, 3.05) is 19.8 Å². The van der Waals surface area contributed by atoms with Crippen molar-refractivity contribution in [3.63, 3.8) is 0 Å². The zero-order valence-electron chi connectivity index (χ0n) is 8.11. The molecule has 1 saturated heterocycles. The Morgan fingerprint density at radius 1 is 1.58 bits per heavy atom. The fourth-order valence-electron chi connectivity index (χ4n) is 1.04. The zero-order chi connectivity index (χ0) is 9.24. The van der Waals surface area contributed by atoms with Gasteiger partial charge < -0.3 is 10.1 Å². The van der Waals surface area contributed by atoms with Crippen LogP contribution in [0.1, 0.15) is 20.8 Å². The van der Waals surface area contributed by atoms with Crippen LogP contribution in [0.25, 0.3) is 0 Å². The van der Waals surface area contributed by atoms with Gasteiger partial charge in [-0.2, -0.15) is 0 Å². The first-order valence-electron chi connectivity index (χ1n) is 4.28. The summed E-state index contributed by atoms with van der Waals surface area (Å²) >= 11 is 0. The van der Waals surface area contributed by atoms with Crippen LogP contribution in [0.5, 0.6) is 0 Å². The summed E-state index contributed by atoms with van der Waals surface area (Å²) in [4.78, 5) is 0. The molecule has 0 aliphatic carbocycles. The van der Waals surface area contributed by atoms with Gasteiger partial charge in [0.1, 0.15) is 0 Å². The van der Waals surface area contributed by atoms with Gasteiger partial charge in [-0.1, -0.05) is 12.8 Å². The summed E-state index contributed by atoms with van der Waals surface area (Å²) in [5.74, 6) is 2.71. The minimum atomic E-state index is -0.196. The summed E-state index contributed by atoms with van der Waals surface area (Å²) in [5.41, 5.74) is 0.104. The summed E-state index contributed by atoms with van der Waals surface area (Å²) in [7, 11) is 0. The molecule has 68 valence electrons. The Morgan fingerprint density at radius 2 is 2.17 bits per heavy atom. The molecular formula is C10H17NO. The van der Waals surface area contributed by atoms with E-state index in [1.165, 1.54) is 0 Å². The van der Waals surface area contributed by atoms with E-state index in [0.717, 1.165) is 19.8 Å². The number of rotatable bonds is 3. The highest BCUT2D eigenvalue weighted by molar-refractivity contribution is 5.08. The molecular weight excluding hydrogens is 150 g/mol. The van der Waals surface area contributed by atoms with E-state index >= 15 is 0 Å². The van der Waals surface area contributed by atoms with Crippen LogP contribution in [0.3, 0.4) is 0 Å². The fraction of sp³-hybridized carbons (Fsp3) is 0.800. The molecule has 0 aromatic rings. The summed E-state index contributed by atoms with van der Waals surface area (Å²) in [6.07, 6.45) is 5.35. The average molecular weight is 167 g/mol. The van der Waals surface area contributed by atoms with E-state index in [2.05, 4.69) is 18.2 Å². The second-order valence-corrected chi connectivity index (χ2v) is 4.43. The van der Waals surface area contributed by atoms with Crippen LogP contribution in [0.15, 0.2) is 0 Å². The molecule has 0 aromatic carbocycles. The third-order valence-corrected chi connectivity index (χ3v) is 2.22. The molecule has 1 fully saturated rings. The van der Waals surface area contributed by atoms with Gasteiger partial charge in [-0.15, -0.1) is 6.42 Å². The van der Waals surface area contributed by atoms with Crippen LogP contribution >= 0.6 is 0 Å². The summed E-state index contributed by atoms with van der Waals surface area (Å²) in [6.45, 7) is 8.85. The van der Waals surface area contributed by atoms with Gasteiger partial charge in [0.05, 0.1) is 18.8 Å². The lowest BCUT2D eigenvalue weighted by atomic mass is 9.87. The molecule has 1 rings (SSSR count). The molecule has 1 heterocycles. The van der Waals surface area contributed by atoms with Crippen LogP contribution in [0.2, 0.25) is 0 Å². The highest BCUT2D eigenvalue weighted by atomic mass is 16.5. The SMILES string of the molecule is C#CC(C)(C)NCC1(C)COC1. The Kier molecular flexibility index (Phi) is 2.46. The minimum absolute atomic E-state index is 0.196. The Morgan fingerprint density at radius 3 is 2.50 bits per heavy atom. The maximum Gasteiger partial charge on any atom is 0.0741 e. The van der Waals surface area contributed by atoms with E-state index < -0.39 is 0 Å². The van der Waals surface area contributed by atoms with Crippen LogP contribution in [-0.4, -0.2) is 25.3 Å². The third-order valence-electron chi connectivity index (χ3n) is 2.22. The van der Waals surface area contributed by atoms with Gasteiger partial charge in [-0.05, 0) is 13.8 Å². The smallest absolute Gasteiger partial charge is 0.0741 e. The molecule has 0 unspecified atom stereocenters. The van der Waals surface area contributed by atoms with Crippen molar-refractivity contribution in [3.05, 3.63) is 0 Å². The number of hydrogen-bond donors (Lipinski definition) is 1. The number of nitrogens with one attached hydrogen (secondary N) is 1. The largest absolute Gasteiger partial charge is 0.380 e. The van der Waals surface area contributed by atoms with Crippen molar-refractivity contribution >= 4 is 0 Å². The average Bonchev–Trinajstić information content (AvgIpc) is 1.98. The lowest BCUT2D eigenvalue weighted by Crippen LogP contribution is -2.52. The van der Waals surface area contributed by atoms with Crippen LogP contribution in [-0.2, 0) is 4.74 Å². The van der Waals surface area contributed by atoms with Crippen molar-refractivity contribution in [1.82, 2.24) is 5.32 Å². The Bertz CT molecular complexity index is 198. The highest BCUT2D eigenvalue weighted by Gasteiger charge is 2.34. The first-order chi connectivity index (χ1) is 5.47. The Labute approximate surface area is 74.7 Å². The van der Waals surface area contributed by atoms with E-state index in [4.69, 9.17) is 11.2 Å². The van der Waals surface area contributed by atoms with Gasteiger partial charge in [0.15, 0.2) is 0 Å². The molecule has 2 nitrogen and oxygen atoms in total. The summed E-state index contributed by atoms with van der Waals surface area (Å²) < 4.78 is 5.15. The lowest BCUT2D eigenvalue weighted by molar-refractivity contribution is -0.100. The molecule has 1 aliphatic rings. The van der Waals surface area contributed by atoms with Crippen molar-refractivity contribution in [2.24, 2.45) is 5.41 Å². The minimum Gasteiger partial charge on any atom is -0.380 e. The van der Waals surface area contributed by atoms with Gasteiger partial charge >= 0.3 is 0 Å². The van der Waals surface area contributed by atoms with Gasteiger partial charge in [0.2, 0.25) is 0 Å². The van der Waals surface area contributed by atoms with E-state index in [9.17, 15) is 0 Å². The van der Waals surface area contributed by atoms with Crippen molar-refractivity contribution in [2.45, 2.75) is 26.3 Å². The van der Waals surface area contributed by atoms with Crippen LogP contribution in [0.4, 0.5) is 0 Å². The second-order valence-electron chi connectivity index (χ2n) is 4.43. The topological polar surface area (TPSA) is 21.3 Å². The standard InChI is InChI=1S/C10H17NO/c1-5-9(2,3)11-6-10(4)7-12-8-10/h1,11H,6-8H2,2-4H3. The van der Waals surface area contributed by atoms with E-state index in [1.807, 2.05) is 13.8 Å². The molecule has 0 saturated carbocycles. The molecule has 12 heavy (non-hydrogen) atoms. The van der Waals surface area contributed by atoms with E-state index in [-0.39, 0.29) is 5.54 Å². The zero-order valence-corrected chi connectivity index (χ0v) is 8.11. The molecule has 1 N–H and O–H groups in total. The molecule has 0 spiro atoms. The van der Waals surface area contributed by atoms with Crippen molar-refractivity contribution < 1.29 is 4.74 Å². The molecule has 0 radical (unpaired) electrons. The molecule has 2 heteroatoms. The Hall–Kier alpha value is -0.520. The van der Waals surface area contributed by atoms with Gasteiger partial charge in [0.25, 0.3) is 0 Å². The summed E-state index contributed by atoms with van der Waals surface area (Å²) in [5, 5.41) is 3.34. The predicted octanol–water partition coefficient (Wildman–Crippen LogP) is 1.02. The first kappa shape index (κ1) is 9.57. The Balaban J connectivity index is 2.30. The van der Waals surface area contributed by atoms with Crippen LogP contribution in [0, 0.1) is 17.8 Å². The quantitative estimate of drug-likeness (QED) is 0.634. The number of terminal acetylenes is 1. The molecule has 0 bridgehead atoms. The monoisotopic (exact) mass is 167 g/mol. The lowest BCUT2D eigenvalue weighted by Gasteiger charge is -2.40. The van der Waals surface area contributed by atoms with E-state index in [0.29, 0.717) is 5.41 Å². The predicted molar refractivity (Wildman–Crippen MR) is 49.8 cm³/mol. The fourth-order valence-corrected chi connectivity index (χ4v) is 1.04. The maximum absolute atomic E-state index is 5.35. The highest BCUT2D eigenvalue weighted by Crippen LogP contribution is 2.25. The molecule has 1 aliphatic heterocycles. The third kappa shape index (κ3) is 2.23. The van der Waals surface area contributed by atoms with E-state index in [1.54, 1.807) is 0 Å². The molecule has 0 amide bonds. The first-order valence-corrected chi connectivity index (χ1v) is 4.28. The second kappa shape index (κ2) is 3.08. The van der Waals surface area contributed by atoms with Gasteiger partial charge in [0, 0.05) is 12.0 Å². The molecule has 0 atom stereocenters. The number of ether oxygens (including phenoxy) is 1.